The maximum atomic E-state index is 13.1. The minimum absolute atomic E-state index is 0.245. The van der Waals surface area contributed by atoms with Crippen molar-refractivity contribution in [2.24, 2.45) is 0 Å². The fourth-order valence-corrected chi connectivity index (χ4v) is 2.76. The Balaban J connectivity index is 1.89. The van der Waals surface area contributed by atoms with Crippen molar-refractivity contribution in [1.29, 1.82) is 0 Å². The van der Waals surface area contributed by atoms with Crippen molar-refractivity contribution in [3.05, 3.63) is 66.2 Å². The van der Waals surface area contributed by atoms with E-state index >= 15 is 0 Å². The molecule has 1 unspecified atom stereocenters. The Morgan fingerprint density at radius 3 is 2.05 bits per heavy atom. The standard InChI is InChI=1S/C16H16F3NS/c17-16(18,19)15(13-7-3-1-4-8-13)20-11-12-21-14-9-5-2-6-10-14/h1-10,15,20H,11-12H2. The molecule has 0 saturated heterocycles. The average Bonchev–Trinajstić information content (AvgIpc) is 2.48. The van der Waals surface area contributed by atoms with E-state index in [1.54, 1.807) is 18.2 Å². The van der Waals surface area contributed by atoms with Crippen molar-refractivity contribution < 1.29 is 13.2 Å². The van der Waals surface area contributed by atoms with Gasteiger partial charge < -0.3 is 5.32 Å². The zero-order valence-corrected chi connectivity index (χ0v) is 12.1. The molecule has 0 heterocycles. The topological polar surface area (TPSA) is 12.0 Å². The minimum Gasteiger partial charge on any atom is -0.302 e. The number of thioether (sulfide) groups is 1. The largest absolute Gasteiger partial charge is 0.407 e. The first-order valence-corrected chi connectivity index (χ1v) is 7.59. The Kier molecular flexibility index (Phi) is 5.70. The summed E-state index contributed by atoms with van der Waals surface area (Å²) >= 11 is 1.54. The quantitative estimate of drug-likeness (QED) is 0.614. The maximum absolute atomic E-state index is 13.1. The number of nitrogens with one attached hydrogen (secondary N) is 1. The normalized spacial score (nSPS) is 13.1. The highest BCUT2D eigenvalue weighted by atomic mass is 32.2. The first-order chi connectivity index (χ1) is 10.1. The van der Waals surface area contributed by atoms with Crippen LogP contribution in [0.5, 0.6) is 0 Å². The summed E-state index contributed by atoms with van der Waals surface area (Å²) in [6, 6.07) is 16.0. The van der Waals surface area contributed by atoms with Crippen LogP contribution in [0, 0.1) is 0 Å². The molecule has 1 N–H and O–H groups in total. The fraction of sp³-hybridized carbons (Fsp3) is 0.250. The van der Waals surface area contributed by atoms with Gasteiger partial charge >= 0.3 is 6.18 Å². The zero-order chi connectivity index (χ0) is 15.1. The highest BCUT2D eigenvalue weighted by molar-refractivity contribution is 7.99. The molecule has 112 valence electrons. The molecule has 2 aromatic rings. The van der Waals surface area contributed by atoms with Crippen molar-refractivity contribution in [3.8, 4) is 0 Å². The molecule has 1 nitrogen and oxygen atoms in total. The summed E-state index contributed by atoms with van der Waals surface area (Å²) in [6.07, 6.45) is -4.29. The summed E-state index contributed by atoms with van der Waals surface area (Å²) in [5.74, 6) is 0.587. The van der Waals surface area contributed by atoms with Gasteiger partial charge in [0.2, 0.25) is 0 Å². The first kappa shape index (κ1) is 15.9. The van der Waals surface area contributed by atoms with Crippen LogP contribution in [0.25, 0.3) is 0 Å². The van der Waals surface area contributed by atoms with Gasteiger partial charge in [0.1, 0.15) is 6.04 Å². The van der Waals surface area contributed by atoms with E-state index in [9.17, 15) is 13.2 Å². The molecule has 0 radical (unpaired) electrons. The van der Waals surface area contributed by atoms with Crippen LogP contribution in [0.1, 0.15) is 11.6 Å². The lowest BCUT2D eigenvalue weighted by molar-refractivity contribution is -0.157. The van der Waals surface area contributed by atoms with Gasteiger partial charge in [0.15, 0.2) is 0 Å². The predicted molar refractivity (Wildman–Crippen MR) is 80.4 cm³/mol. The third-order valence-corrected chi connectivity index (χ3v) is 3.94. The lowest BCUT2D eigenvalue weighted by atomic mass is 10.1. The second-order valence-corrected chi connectivity index (χ2v) is 5.67. The fourth-order valence-electron chi connectivity index (χ4n) is 1.96. The molecule has 0 aliphatic carbocycles. The monoisotopic (exact) mass is 311 g/mol. The minimum atomic E-state index is -4.29. The Labute approximate surface area is 126 Å². The van der Waals surface area contributed by atoms with E-state index in [0.717, 1.165) is 4.90 Å². The number of benzene rings is 2. The summed E-state index contributed by atoms with van der Waals surface area (Å²) in [6.45, 7) is 0.290. The molecule has 0 aliphatic rings. The van der Waals surface area contributed by atoms with Crippen LogP contribution in [0.15, 0.2) is 65.6 Å². The molecular formula is C16H16F3NS. The molecular weight excluding hydrogens is 295 g/mol. The van der Waals surface area contributed by atoms with Crippen LogP contribution >= 0.6 is 11.8 Å². The van der Waals surface area contributed by atoms with E-state index in [1.165, 1.54) is 23.9 Å². The molecule has 0 spiro atoms. The SMILES string of the molecule is FC(F)(F)C(NCCSc1ccccc1)c1ccccc1. The summed E-state index contributed by atoms with van der Waals surface area (Å²) in [4.78, 5) is 1.06. The van der Waals surface area contributed by atoms with Crippen molar-refractivity contribution >= 4 is 11.8 Å². The van der Waals surface area contributed by atoms with E-state index in [-0.39, 0.29) is 5.56 Å². The second-order valence-electron chi connectivity index (χ2n) is 4.50. The predicted octanol–water partition coefficient (Wildman–Crippen LogP) is 4.67. The van der Waals surface area contributed by atoms with E-state index in [2.05, 4.69) is 5.32 Å². The Morgan fingerprint density at radius 1 is 0.905 bits per heavy atom. The van der Waals surface area contributed by atoms with Gasteiger partial charge in [-0.2, -0.15) is 13.2 Å². The molecule has 0 saturated carbocycles. The first-order valence-electron chi connectivity index (χ1n) is 6.60. The van der Waals surface area contributed by atoms with E-state index < -0.39 is 12.2 Å². The van der Waals surface area contributed by atoms with Gasteiger partial charge in [0, 0.05) is 17.2 Å². The molecule has 0 bridgehead atoms. The number of alkyl halides is 3. The summed E-state index contributed by atoms with van der Waals surface area (Å²) in [7, 11) is 0. The smallest absolute Gasteiger partial charge is 0.302 e. The number of halogens is 3. The third-order valence-electron chi connectivity index (χ3n) is 2.92. The maximum Gasteiger partial charge on any atom is 0.407 e. The Morgan fingerprint density at radius 2 is 1.48 bits per heavy atom. The van der Waals surface area contributed by atoms with Crippen molar-refractivity contribution in [2.45, 2.75) is 17.1 Å². The van der Waals surface area contributed by atoms with Gasteiger partial charge in [-0.3, -0.25) is 0 Å². The lowest BCUT2D eigenvalue weighted by Crippen LogP contribution is -2.35. The lowest BCUT2D eigenvalue weighted by Gasteiger charge is -2.22. The molecule has 2 aromatic carbocycles. The number of hydrogen-bond donors (Lipinski definition) is 1. The van der Waals surface area contributed by atoms with E-state index in [4.69, 9.17) is 0 Å². The Hall–Kier alpha value is -1.46. The molecule has 0 aromatic heterocycles. The molecule has 21 heavy (non-hydrogen) atoms. The van der Waals surface area contributed by atoms with Gasteiger partial charge in [-0.25, -0.2) is 0 Å². The highest BCUT2D eigenvalue weighted by Gasteiger charge is 2.40. The molecule has 0 aliphatic heterocycles. The molecule has 5 heteroatoms. The highest BCUT2D eigenvalue weighted by Crippen LogP contribution is 2.32. The van der Waals surface area contributed by atoms with Crippen LogP contribution in [0.4, 0.5) is 13.2 Å². The van der Waals surface area contributed by atoms with Crippen LogP contribution < -0.4 is 5.32 Å². The molecule has 0 amide bonds. The average molecular weight is 311 g/mol. The Bertz CT molecular complexity index is 528. The summed E-state index contributed by atoms with van der Waals surface area (Å²) < 4.78 is 39.3. The zero-order valence-electron chi connectivity index (χ0n) is 11.3. The van der Waals surface area contributed by atoms with Crippen LogP contribution in [0.2, 0.25) is 0 Å². The van der Waals surface area contributed by atoms with Gasteiger partial charge in [0.05, 0.1) is 0 Å². The van der Waals surface area contributed by atoms with Crippen molar-refractivity contribution in [2.75, 3.05) is 12.3 Å². The van der Waals surface area contributed by atoms with Crippen LogP contribution in [-0.2, 0) is 0 Å². The van der Waals surface area contributed by atoms with Gasteiger partial charge in [-0.05, 0) is 17.7 Å². The van der Waals surface area contributed by atoms with Crippen molar-refractivity contribution in [3.63, 3.8) is 0 Å². The van der Waals surface area contributed by atoms with Gasteiger partial charge in [0.25, 0.3) is 0 Å². The van der Waals surface area contributed by atoms with Gasteiger partial charge in [-0.15, -0.1) is 11.8 Å². The second kappa shape index (κ2) is 7.52. The van der Waals surface area contributed by atoms with E-state index in [1.807, 2.05) is 30.3 Å². The number of hydrogen-bond acceptors (Lipinski definition) is 2. The molecule has 2 rings (SSSR count). The number of rotatable bonds is 6. The summed E-state index contributed by atoms with van der Waals surface area (Å²) in [5.41, 5.74) is 0.245. The van der Waals surface area contributed by atoms with Crippen LogP contribution in [-0.4, -0.2) is 18.5 Å². The van der Waals surface area contributed by atoms with Crippen LogP contribution in [0.3, 0.4) is 0 Å². The summed E-state index contributed by atoms with van der Waals surface area (Å²) in [5, 5.41) is 2.60. The van der Waals surface area contributed by atoms with E-state index in [0.29, 0.717) is 12.3 Å². The molecule has 1 atom stereocenters. The van der Waals surface area contributed by atoms with Crippen molar-refractivity contribution in [1.82, 2.24) is 5.32 Å². The molecule has 0 fully saturated rings. The third kappa shape index (κ3) is 5.10. The van der Waals surface area contributed by atoms with Gasteiger partial charge in [-0.1, -0.05) is 48.5 Å².